The largest absolute Gasteiger partial charge is 0.469 e. The first-order valence-electron chi connectivity index (χ1n) is 10.0. The third-order valence-electron chi connectivity index (χ3n) is 5.18. The van der Waals surface area contributed by atoms with Crippen LogP contribution >= 0.6 is 24.0 Å². The lowest BCUT2D eigenvalue weighted by molar-refractivity contribution is -0.146. The molecule has 0 aromatic rings. The van der Waals surface area contributed by atoms with Crippen molar-refractivity contribution < 1.29 is 14.3 Å². The number of amides is 1. The molecule has 0 radical (unpaired) electrons. The number of aliphatic imine (C=N–C) groups is 1. The normalized spacial score (nSPS) is 19.3. The Labute approximate surface area is 180 Å². The van der Waals surface area contributed by atoms with Gasteiger partial charge in [-0.15, -0.1) is 24.0 Å². The second-order valence-electron chi connectivity index (χ2n) is 7.07. The fourth-order valence-electron chi connectivity index (χ4n) is 3.64. The van der Waals surface area contributed by atoms with E-state index in [4.69, 9.17) is 9.73 Å². The molecule has 0 spiro atoms. The highest BCUT2D eigenvalue weighted by molar-refractivity contribution is 14.0. The van der Waals surface area contributed by atoms with E-state index in [0.717, 1.165) is 77.2 Å². The fourth-order valence-corrected chi connectivity index (χ4v) is 3.64. The Morgan fingerprint density at radius 3 is 2.63 bits per heavy atom. The van der Waals surface area contributed by atoms with Gasteiger partial charge in [0.25, 0.3) is 0 Å². The molecule has 7 nitrogen and oxygen atoms in total. The van der Waals surface area contributed by atoms with Crippen molar-refractivity contribution in [2.24, 2.45) is 10.9 Å². The third-order valence-corrected chi connectivity index (χ3v) is 5.18. The molecule has 2 heterocycles. The van der Waals surface area contributed by atoms with Gasteiger partial charge in [0, 0.05) is 45.7 Å². The van der Waals surface area contributed by atoms with Crippen molar-refractivity contribution in [3.05, 3.63) is 0 Å². The molecule has 0 aromatic carbocycles. The minimum atomic E-state index is -0.103. The van der Waals surface area contributed by atoms with E-state index in [9.17, 15) is 9.59 Å². The summed E-state index contributed by atoms with van der Waals surface area (Å²) in [7, 11) is 1.45. The first-order valence-corrected chi connectivity index (χ1v) is 10.0. The number of ether oxygens (including phenoxy) is 1. The highest BCUT2D eigenvalue weighted by Crippen LogP contribution is 2.18. The average molecular weight is 494 g/mol. The van der Waals surface area contributed by atoms with Crippen LogP contribution in [0.15, 0.2) is 4.99 Å². The zero-order valence-electron chi connectivity index (χ0n) is 16.7. The van der Waals surface area contributed by atoms with E-state index in [-0.39, 0.29) is 35.9 Å². The van der Waals surface area contributed by atoms with Gasteiger partial charge >= 0.3 is 5.97 Å². The topological polar surface area (TPSA) is 74.2 Å². The molecule has 0 bridgehead atoms. The Morgan fingerprint density at radius 2 is 1.96 bits per heavy atom. The lowest BCUT2D eigenvalue weighted by atomic mass is 9.97. The maximum absolute atomic E-state index is 12.0. The zero-order valence-corrected chi connectivity index (χ0v) is 19.1. The van der Waals surface area contributed by atoms with Crippen LogP contribution in [0.4, 0.5) is 0 Å². The van der Waals surface area contributed by atoms with Gasteiger partial charge in [-0.05, 0) is 39.0 Å². The Bertz CT molecular complexity index is 493. The molecule has 2 rings (SSSR count). The highest BCUT2D eigenvalue weighted by atomic mass is 127. The molecule has 156 valence electrons. The molecule has 2 aliphatic rings. The summed E-state index contributed by atoms with van der Waals surface area (Å²) in [6, 6.07) is 0. The summed E-state index contributed by atoms with van der Waals surface area (Å²) in [6.07, 6.45) is 6.50. The molecular formula is C19H35IN4O3. The zero-order chi connectivity index (χ0) is 18.8. The fraction of sp³-hybridized carbons (Fsp3) is 0.842. The Hall–Kier alpha value is -1.06. The number of piperidine rings is 1. The predicted octanol–water partition coefficient (Wildman–Crippen LogP) is 2.25. The molecule has 0 unspecified atom stereocenters. The second kappa shape index (κ2) is 13.2. The number of hydrogen-bond acceptors (Lipinski definition) is 4. The number of esters is 1. The maximum atomic E-state index is 12.0. The van der Waals surface area contributed by atoms with Crippen LogP contribution in [0.2, 0.25) is 0 Å². The quantitative estimate of drug-likeness (QED) is 0.202. The molecule has 2 saturated heterocycles. The summed E-state index contributed by atoms with van der Waals surface area (Å²) in [4.78, 5) is 32.7. The van der Waals surface area contributed by atoms with E-state index < -0.39 is 0 Å². The predicted molar refractivity (Wildman–Crippen MR) is 117 cm³/mol. The van der Waals surface area contributed by atoms with Crippen molar-refractivity contribution in [1.29, 1.82) is 0 Å². The van der Waals surface area contributed by atoms with E-state index in [1.807, 2.05) is 4.90 Å². The molecule has 2 aliphatic heterocycles. The number of carbonyl (C=O) groups excluding carboxylic acids is 2. The third kappa shape index (κ3) is 7.83. The summed E-state index contributed by atoms with van der Waals surface area (Å²) in [5.74, 6) is 1.11. The van der Waals surface area contributed by atoms with Crippen molar-refractivity contribution in [2.45, 2.75) is 51.9 Å². The summed E-state index contributed by atoms with van der Waals surface area (Å²) >= 11 is 0. The minimum Gasteiger partial charge on any atom is -0.469 e. The van der Waals surface area contributed by atoms with Crippen LogP contribution in [-0.2, 0) is 14.3 Å². The summed E-state index contributed by atoms with van der Waals surface area (Å²) in [5, 5.41) is 3.35. The molecule has 0 aromatic heterocycles. The number of nitrogens with zero attached hydrogens (tertiary/aromatic N) is 3. The lowest BCUT2D eigenvalue weighted by Crippen LogP contribution is -2.46. The number of nitrogens with one attached hydrogen (secondary N) is 1. The van der Waals surface area contributed by atoms with Gasteiger partial charge in [0.15, 0.2) is 5.96 Å². The van der Waals surface area contributed by atoms with Gasteiger partial charge in [-0.3, -0.25) is 14.6 Å². The smallest absolute Gasteiger partial charge is 0.308 e. The molecule has 0 saturated carbocycles. The van der Waals surface area contributed by atoms with Crippen LogP contribution in [0.1, 0.15) is 51.9 Å². The lowest BCUT2D eigenvalue weighted by Gasteiger charge is -2.33. The minimum absolute atomic E-state index is 0. The molecule has 27 heavy (non-hydrogen) atoms. The molecule has 0 atom stereocenters. The molecule has 2 fully saturated rings. The second-order valence-corrected chi connectivity index (χ2v) is 7.07. The van der Waals surface area contributed by atoms with Crippen LogP contribution in [-0.4, -0.2) is 74.0 Å². The van der Waals surface area contributed by atoms with Crippen LogP contribution < -0.4 is 5.32 Å². The van der Waals surface area contributed by atoms with Crippen LogP contribution in [0.5, 0.6) is 0 Å². The maximum Gasteiger partial charge on any atom is 0.308 e. The monoisotopic (exact) mass is 494 g/mol. The summed E-state index contributed by atoms with van der Waals surface area (Å²) < 4.78 is 4.85. The first kappa shape index (κ1) is 24.0. The first-order chi connectivity index (χ1) is 12.7. The van der Waals surface area contributed by atoms with Crippen molar-refractivity contribution in [3.8, 4) is 0 Å². The van der Waals surface area contributed by atoms with Gasteiger partial charge in [0.1, 0.15) is 0 Å². The molecule has 1 amide bonds. The number of hydrogen-bond donors (Lipinski definition) is 1. The van der Waals surface area contributed by atoms with Gasteiger partial charge in [-0.25, -0.2) is 0 Å². The van der Waals surface area contributed by atoms with E-state index in [1.165, 1.54) is 7.11 Å². The van der Waals surface area contributed by atoms with Crippen LogP contribution in [0.25, 0.3) is 0 Å². The van der Waals surface area contributed by atoms with Crippen molar-refractivity contribution in [1.82, 2.24) is 15.1 Å². The van der Waals surface area contributed by atoms with Gasteiger partial charge in [-0.1, -0.05) is 6.42 Å². The highest BCUT2D eigenvalue weighted by Gasteiger charge is 2.27. The van der Waals surface area contributed by atoms with Crippen molar-refractivity contribution >= 4 is 41.8 Å². The van der Waals surface area contributed by atoms with Gasteiger partial charge in [0.05, 0.1) is 13.0 Å². The molecule has 8 heteroatoms. The summed E-state index contributed by atoms with van der Waals surface area (Å²) in [5.41, 5.74) is 0. The van der Waals surface area contributed by atoms with Gasteiger partial charge in [-0.2, -0.15) is 0 Å². The Kier molecular flexibility index (Phi) is 11.7. The number of carbonyl (C=O) groups is 2. The molecular weight excluding hydrogens is 459 g/mol. The number of methoxy groups -OCH3 is 1. The van der Waals surface area contributed by atoms with E-state index in [0.29, 0.717) is 18.9 Å². The van der Waals surface area contributed by atoms with Gasteiger partial charge < -0.3 is 19.9 Å². The Morgan fingerprint density at radius 1 is 1.22 bits per heavy atom. The Balaban J connectivity index is 0.00000364. The van der Waals surface area contributed by atoms with Crippen molar-refractivity contribution in [3.63, 3.8) is 0 Å². The van der Waals surface area contributed by atoms with Crippen LogP contribution in [0.3, 0.4) is 0 Å². The SMILES string of the molecule is CCNC(=NCCCN1CCCCCC1=O)N1CCC(C(=O)OC)CC1.I. The van der Waals surface area contributed by atoms with E-state index in [1.54, 1.807) is 0 Å². The van der Waals surface area contributed by atoms with Crippen molar-refractivity contribution in [2.75, 3.05) is 46.4 Å². The molecule has 0 aliphatic carbocycles. The number of rotatable bonds is 6. The molecule has 1 N–H and O–H groups in total. The van der Waals surface area contributed by atoms with Crippen LogP contribution in [0, 0.1) is 5.92 Å². The van der Waals surface area contributed by atoms with Gasteiger partial charge in [0.2, 0.25) is 5.91 Å². The number of guanidine groups is 1. The standard InChI is InChI=1S/C19H34N4O3.HI/c1-3-20-19(23-14-9-16(10-15-23)18(25)26-2)21-11-7-13-22-12-6-4-5-8-17(22)24;/h16H,3-15H2,1-2H3,(H,20,21);1H. The van der Waals surface area contributed by atoms with E-state index in [2.05, 4.69) is 17.1 Å². The average Bonchev–Trinajstić information content (AvgIpc) is 2.88. The number of halogens is 1. The number of likely N-dealkylation sites (tertiary alicyclic amines) is 2. The van der Waals surface area contributed by atoms with E-state index >= 15 is 0 Å². The summed E-state index contributed by atoms with van der Waals surface area (Å²) in [6.45, 7) is 6.91.